The van der Waals surface area contributed by atoms with Gasteiger partial charge in [-0.05, 0) is 34.9 Å². The first-order valence-electron chi connectivity index (χ1n) is 9.18. The molecule has 0 bridgehead atoms. The number of aromatic nitrogens is 2. The predicted octanol–water partition coefficient (Wildman–Crippen LogP) is 2.26. The summed E-state index contributed by atoms with van der Waals surface area (Å²) in [7, 11) is 0. The molecule has 7 heteroatoms. The molecule has 1 fully saturated rings. The maximum absolute atomic E-state index is 10.4. The summed E-state index contributed by atoms with van der Waals surface area (Å²) in [5.74, 6) is 0.988. The van der Waals surface area contributed by atoms with Crippen LogP contribution in [0, 0.1) is 6.92 Å². The van der Waals surface area contributed by atoms with Crippen molar-refractivity contribution in [2.24, 2.45) is 0 Å². The molecule has 2 heterocycles. The van der Waals surface area contributed by atoms with Gasteiger partial charge in [-0.3, -0.25) is 0 Å². The minimum atomic E-state index is -1.04. The molecule has 7 nitrogen and oxygen atoms in total. The summed E-state index contributed by atoms with van der Waals surface area (Å²) in [6.07, 6.45) is -2.95. The Hall–Kier alpha value is -2.58. The molecular weight excluding hydrogens is 360 g/mol. The lowest BCUT2D eigenvalue weighted by Gasteiger charge is -2.37. The van der Waals surface area contributed by atoms with Crippen molar-refractivity contribution >= 4 is 0 Å². The van der Waals surface area contributed by atoms with E-state index in [1.165, 1.54) is 0 Å². The molecule has 4 atom stereocenters. The van der Waals surface area contributed by atoms with Gasteiger partial charge in [-0.2, -0.15) is 0 Å². The van der Waals surface area contributed by atoms with Gasteiger partial charge in [-0.15, -0.1) is 10.2 Å². The molecule has 1 saturated heterocycles. The van der Waals surface area contributed by atoms with E-state index < -0.39 is 24.4 Å². The summed E-state index contributed by atoms with van der Waals surface area (Å²) < 4.78 is 11.2. The van der Waals surface area contributed by atoms with Crippen LogP contribution < -0.4 is 0 Å². The number of rotatable bonds is 4. The smallest absolute Gasteiger partial charge is 0.247 e. The minimum Gasteiger partial charge on any atom is -0.421 e. The van der Waals surface area contributed by atoms with Crippen molar-refractivity contribution in [3.05, 3.63) is 60.0 Å². The van der Waals surface area contributed by atoms with Crippen molar-refractivity contribution in [3.63, 3.8) is 0 Å². The Kier molecular flexibility index (Phi) is 5.23. The lowest BCUT2D eigenvalue weighted by Crippen LogP contribution is -2.44. The van der Waals surface area contributed by atoms with E-state index >= 15 is 0 Å². The highest BCUT2D eigenvalue weighted by Gasteiger charge is 2.37. The summed E-state index contributed by atoms with van der Waals surface area (Å²) in [4.78, 5) is 0. The molecule has 0 saturated carbocycles. The van der Waals surface area contributed by atoms with Crippen LogP contribution in [-0.2, 0) is 4.74 Å². The topological polar surface area (TPSA) is 109 Å². The first kappa shape index (κ1) is 18.8. The summed E-state index contributed by atoms with van der Waals surface area (Å²) in [5.41, 5.74) is 3.51. The molecular formula is C21H22N2O5. The maximum atomic E-state index is 10.4. The first-order valence-corrected chi connectivity index (χ1v) is 9.18. The van der Waals surface area contributed by atoms with Crippen LogP contribution in [0.4, 0.5) is 0 Å². The predicted molar refractivity (Wildman–Crippen MR) is 101 cm³/mol. The molecule has 0 spiro atoms. The fourth-order valence-electron chi connectivity index (χ4n) is 3.46. The molecule has 28 heavy (non-hydrogen) atoms. The van der Waals surface area contributed by atoms with Crippen molar-refractivity contribution in [2.45, 2.75) is 37.8 Å². The van der Waals surface area contributed by atoms with Gasteiger partial charge in [0.15, 0.2) is 0 Å². The standard InChI is InChI=1S/C21H22N2O5/c1-12-22-23-21(27-12)14-7-5-13(6-8-14)15-3-2-4-16(9-15)20-19(26)18(25)10-17(11-24)28-20/h2-9,17-20,24-26H,10-11H2,1H3. The second-order valence-electron chi connectivity index (χ2n) is 6.98. The second-order valence-corrected chi connectivity index (χ2v) is 6.98. The fraction of sp³-hybridized carbons (Fsp3) is 0.333. The summed E-state index contributed by atoms with van der Waals surface area (Å²) >= 11 is 0. The molecule has 3 N–H and O–H groups in total. The number of benzene rings is 2. The molecule has 2 aromatic carbocycles. The van der Waals surface area contributed by atoms with E-state index in [1.54, 1.807) is 6.92 Å². The largest absolute Gasteiger partial charge is 0.421 e. The van der Waals surface area contributed by atoms with Gasteiger partial charge < -0.3 is 24.5 Å². The van der Waals surface area contributed by atoms with Crippen LogP contribution in [0.1, 0.15) is 24.0 Å². The molecule has 1 aromatic heterocycles. The van der Waals surface area contributed by atoms with E-state index in [0.717, 1.165) is 22.3 Å². The van der Waals surface area contributed by atoms with E-state index in [0.29, 0.717) is 11.8 Å². The molecule has 0 radical (unpaired) electrons. The number of nitrogens with zero attached hydrogens (tertiary/aromatic N) is 2. The third-order valence-corrected chi connectivity index (χ3v) is 4.96. The van der Waals surface area contributed by atoms with Crippen LogP contribution in [0.2, 0.25) is 0 Å². The summed E-state index contributed by atoms with van der Waals surface area (Å²) in [6.45, 7) is 1.55. The quantitative estimate of drug-likeness (QED) is 0.635. The van der Waals surface area contributed by atoms with Crippen molar-refractivity contribution in [1.29, 1.82) is 0 Å². The van der Waals surface area contributed by atoms with Crippen LogP contribution in [-0.4, -0.2) is 50.4 Å². The Labute approximate surface area is 162 Å². The lowest BCUT2D eigenvalue weighted by atomic mass is 9.91. The SMILES string of the molecule is Cc1nnc(-c2ccc(-c3cccc(C4OC(CO)CC(O)C4O)c3)cc2)o1. The average molecular weight is 382 g/mol. The van der Waals surface area contributed by atoms with Crippen molar-refractivity contribution in [2.75, 3.05) is 6.61 Å². The number of aryl methyl sites for hydroxylation is 1. The van der Waals surface area contributed by atoms with E-state index in [2.05, 4.69) is 10.2 Å². The van der Waals surface area contributed by atoms with E-state index in [1.807, 2.05) is 48.5 Å². The fourth-order valence-corrected chi connectivity index (χ4v) is 3.46. The highest BCUT2D eigenvalue weighted by molar-refractivity contribution is 5.67. The zero-order valence-electron chi connectivity index (χ0n) is 15.4. The van der Waals surface area contributed by atoms with Gasteiger partial charge in [-0.1, -0.05) is 30.3 Å². The van der Waals surface area contributed by atoms with Gasteiger partial charge in [0.2, 0.25) is 11.8 Å². The monoisotopic (exact) mass is 382 g/mol. The van der Waals surface area contributed by atoms with Gasteiger partial charge in [0.05, 0.1) is 18.8 Å². The normalized spacial score (nSPS) is 25.0. The zero-order chi connectivity index (χ0) is 19.7. The molecule has 1 aliphatic heterocycles. The molecule has 1 aliphatic rings. The molecule has 4 rings (SSSR count). The van der Waals surface area contributed by atoms with Gasteiger partial charge in [0.25, 0.3) is 0 Å². The van der Waals surface area contributed by atoms with E-state index in [-0.39, 0.29) is 13.0 Å². The Morgan fingerprint density at radius 2 is 1.75 bits per heavy atom. The van der Waals surface area contributed by atoms with Crippen LogP contribution in [0.25, 0.3) is 22.6 Å². The lowest BCUT2D eigenvalue weighted by molar-refractivity contribution is -0.179. The number of hydrogen-bond donors (Lipinski definition) is 3. The molecule has 0 aliphatic carbocycles. The first-order chi connectivity index (χ1) is 13.5. The third-order valence-electron chi connectivity index (χ3n) is 4.96. The average Bonchev–Trinajstić information content (AvgIpc) is 3.16. The Morgan fingerprint density at radius 1 is 1.00 bits per heavy atom. The van der Waals surface area contributed by atoms with Crippen LogP contribution in [0.15, 0.2) is 52.9 Å². The molecule has 146 valence electrons. The number of hydrogen-bond acceptors (Lipinski definition) is 7. The second kappa shape index (κ2) is 7.81. The van der Waals surface area contributed by atoms with Gasteiger partial charge in [0, 0.05) is 18.9 Å². The maximum Gasteiger partial charge on any atom is 0.247 e. The zero-order valence-corrected chi connectivity index (χ0v) is 15.4. The highest BCUT2D eigenvalue weighted by atomic mass is 16.5. The number of aliphatic hydroxyl groups is 3. The van der Waals surface area contributed by atoms with Crippen LogP contribution in [0.3, 0.4) is 0 Å². The number of ether oxygens (including phenoxy) is 1. The van der Waals surface area contributed by atoms with Crippen molar-refractivity contribution in [3.8, 4) is 22.6 Å². The van der Waals surface area contributed by atoms with Crippen LogP contribution >= 0.6 is 0 Å². The number of aliphatic hydroxyl groups excluding tert-OH is 3. The molecule has 3 aromatic rings. The van der Waals surface area contributed by atoms with Gasteiger partial charge in [-0.25, -0.2) is 0 Å². The van der Waals surface area contributed by atoms with Gasteiger partial charge >= 0.3 is 0 Å². The highest BCUT2D eigenvalue weighted by Crippen LogP contribution is 2.34. The Balaban J connectivity index is 1.60. The Morgan fingerprint density at radius 3 is 2.43 bits per heavy atom. The van der Waals surface area contributed by atoms with Crippen molar-refractivity contribution in [1.82, 2.24) is 10.2 Å². The van der Waals surface area contributed by atoms with E-state index in [9.17, 15) is 15.3 Å². The third kappa shape index (κ3) is 3.70. The van der Waals surface area contributed by atoms with Gasteiger partial charge in [0.1, 0.15) is 12.2 Å². The molecule has 4 unspecified atom stereocenters. The minimum absolute atomic E-state index is 0.198. The van der Waals surface area contributed by atoms with Crippen LogP contribution in [0.5, 0.6) is 0 Å². The Bertz CT molecular complexity index is 940. The van der Waals surface area contributed by atoms with E-state index in [4.69, 9.17) is 9.15 Å². The summed E-state index contributed by atoms with van der Waals surface area (Å²) in [5, 5.41) is 37.7. The van der Waals surface area contributed by atoms with Crippen molar-refractivity contribution < 1.29 is 24.5 Å². The molecule has 0 amide bonds. The summed E-state index contributed by atoms with van der Waals surface area (Å²) in [6, 6.07) is 15.3.